The monoisotopic (exact) mass is 494 g/mol. The molecular weight excluding hydrogens is 472 g/mol. The first kappa shape index (κ1) is 24.7. The van der Waals surface area contributed by atoms with Crippen molar-refractivity contribution in [3.63, 3.8) is 0 Å². The number of carbonyl (C=O) groups is 2. The maximum absolute atomic E-state index is 12.9. The van der Waals surface area contributed by atoms with Crippen LogP contribution in [0.4, 0.5) is 0 Å². The van der Waals surface area contributed by atoms with Crippen molar-refractivity contribution in [3.8, 4) is 12.1 Å². The van der Waals surface area contributed by atoms with Crippen LogP contribution in [0.5, 0.6) is 0 Å². The van der Waals surface area contributed by atoms with E-state index in [4.69, 9.17) is 9.47 Å². The van der Waals surface area contributed by atoms with Gasteiger partial charge in [0.25, 0.3) is 0 Å². The lowest BCUT2D eigenvalue weighted by molar-refractivity contribution is -0.138. The van der Waals surface area contributed by atoms with Crippen molar-refractivity contribution in [2.75, 3.05) is 13.2 Å². The van der Waals surface area contributed by atoms with Gasteiger partial charge in [0.05, 0.1) is 13.2 Å². The standard InChI is InChI=1S/C29H22N2O4S/c1-4-34-28(32)23(15-30)26-19-11-6-7-12-20(19)27(24(16-31)29(33)35-5-2)22(26)14-21-17(3)36-25-13-9-8-10-18(21)25/h6-14H,4-5H2,1-3H3/b22-14?,26-23-,27-24+. The second-order valence-corrected chi connectivity index (χ2v) is 9.09. The molecule has 0 saturated heterocycles. The molecule has 0 atom stereocenters. The van der Waals surface area contributed by atoms with Crippen LogP contribution in [0.1, 0.15) is 35.4 Å². The molecule has 0 spiro atoms. The molecule has 1 aromatic heterocycles. The van der Waals surface area contributed by atoms with Crippen LogP contribution < -0.4 is 0 Å². The van der Waals surface area contributed by atoms with Gasteiger partial charge in [-0.15, -0.1) is 11.3 Å². The van der Waals surface area contributed by atoms with Gasteiger partial charge in [0.15, 0.2) is 0 Å². The Labute approximate surface area is 213 Å². The molecule has 1 heterocycles. The van der Waals surface area contributed by atoms with E-state index in [-0.39, 0.29) is 24.4 Å². The number of nitrogens with zero attached hydrogens (tertiary/aromatic N) is 2. The first-order valence-corrected chi connectivity index (χ1v) is 12.2. The van der Waals surface area contributed by atoms with Crippen LogP contribution in [-0.2, 0) is 19.1 Å². The molecule has 36 heavy (non-hydrogen) atoms. The maximum atomic E-state index is 12.9. The summed E-state index contributed by atoms with van der Waals surface area (Å²) in [6.45, 7) is 5.51. The number of thiophene rings is 1. The molecule has 0 radical (unpaired) electrons. The number of benzene rings is 2. The number of aryl methyl sites for hydroxylation is 1. The van der Waals surface area contributed by atoms with E-state index in [0.717, 1.165) is 20.5 Å². The van der Waals surface area contributed by atoms with Gasteiger partial charge < -0.3 is 9.47 Å². The van der Waals surface area contributed by atoms with Gasteiger partial charge in [0.1, 0.15) is 23.3 Å². The molecule has 0 saturated carbocycles. The number of fused-ring (bicyclic) bond motifs is 2. The predicted molar refractivity (Wildman–Crippen MR) is 139 cm³/mol. The fraction of sp³-hybridized carbons (Fsp3) is 0.172. The van der Waals surface area contributed by atoms with E-state index < -0.39 is 11.9 Å². The summed E-state index contributed by atoms with van der Waals surface area (Å²) in [5, 5.41) is 21.1. The van der Waals surface area contributed by atoms with E-state index in [1.54, 1.807) is 49.4 Å². The van der Waals surface area contributed by atoms with Gasteiger partial charge in [-0.05, 0) is 60.6 Å². The summed E-state index contributed by atoms with van der Waals surface area (Å²) < 4.78 is 11.5. The molecule has 6 nitrogen and oxygen atoms in total. The summed E-state index contributed by atoms with van der Waals surface area (Å²) >= 11 is 1.62. The normalized spacial score (nSPS) is 16.2. The Hall–Kier alpha value is -4.46. The van der Waals surface area contributed by atoms with Crippen LogP contribution in [-0.4, -0.2) is 25.2 Å². The minimum Gasteiger partial charge on any atom is -0.462 e. The average Bonchev–Trinajstić information content (AvgIpc) is 3.36. The van der Waals surface area contributed by atoms with Crippen LogP contribution in [0.3, 0.4) is 0 Å². The van der Waals surface area contributed by atoms with E-state index in [1.807, 2.05) is 49.4 Å². The third kappa shape index (κ3) is 4.22. The van der Waals surface area contributed by atoms with Crippen molar-refractivity contribution >= 4 is 50.6 Å². The van der Waals surface area contributed by atoms with Gasteiger partial charge >= 0.3 is 11.9 Å². The Bertz CT molecular complexity index is 1500. The second-order valence-electron chi connectivity index (χ2n) is 7.84. The summed E-state index contributed by atoms with van der Waals surface area (Å²) in [5.41, 5.74) is 2.72. The van der Waals surface area contributed by atoms with Gasteiger partial charge in [-0.2, -0.15) is 10.5 Å². The summed E-state index contributed by atoms with van der Waals surface area (Å²) in [4.78, 5) is 26.8. The Morgan fingerprint density at radius 2 is 1.36 bits per heavy atom. The maximum Gasteiger partial charge on any atom is 0.349 e. The van der Waals surface area contributed by atoms with E-state index >= 15 is 0 Å². The average molecular weight is 495 g/mol. The van der Waals surface area contributed by atoms with Crippen LogP contribution in [0, 0.1) is 29.6 Å². The van der Waals surface area contributed by atoms with E-state index in [9.17, 15) is 20.1 Å². The molecule has 0 bridgehead atoms. The number of ether oxygens (including phenoxy) is 2. The Morgan fingerprint density at radius 1 is 0.861 bits per heavy atom. The highest BCUT2D eigenvalue weighted by Gasteiger charge is 2.36. The largest absolute Gasteiger partial charge is 0.462 e. The third-order valence-corrected chi connectivity index (χ3v) is 6.90. The summed E-state index contributed by atoms with van der Waals surface area (Å²) in [6, 6.07) is 19.0. The molecule has 2 aromatic carbocycles. The number of carbonyl (C=O) groups excluding carboxylic acids is 2. The molecule has 0 fully saturated rings. The quantitative estimate of drug-likeness (QED) is 0.245. The van der Waals surface area contributed by atoms with E-state index in [0.29, 0.717) is 27.8 Å². The van der Waals surface area contributed by atoms with Crippen molar-refractivity contribution < 1.29 is 19.1 Å². The summed E-state index contributed by atoms with van der Waals surface area (Å²) in [6.07, 6.45) is 1.85. The minimum absolute atomic E-state index is 0.0984. The Morgan fingerprint density at radius 3 is 1.86 bits per heavy atom. The van der Waals surface area contributed by atoms with Crippen LogP contribution in [0.2, 0.25) is 0 Å². The Balaban J connectivity index is 2.17. The highest BCUT2D eigenvalue weighted by atomic mass is 32.1. The van der Waals surface area contributed by atoms with Crippen molar-refractivity contribution in [1.29, 1.82) is 10.5 Å². The summed E-state index contributed by atoms with van der Waals surface area (Å²) in [7, 11) is 0. The van der Waals surface area contributed by atoms with Crippen molar-refractivity contribution in [1.82, 2.24) is 0 Å². The fourth-order valence-corrected chi connectivity index (χ4v) is 5.39. The smallest absolute Gasteiger partial charge is 0.349 e. The molecule has 178 valence electrons. The van der Waals surface area contributed by atoms with Gasteiger partial charge in [0, 0.05) is 20.7 Å². The third-order valence-electron chi connectivity index (χ3n) is 5.80. The molecule has 7 heteroatoms. The lowest BCUT2D eigenvalue weighted by atomic mass is 9.93. The molecule has 0 N–H and O–H groups in total. The lowest BCUT2D eigenvalue weighted by Gasteiger charge is -2.10. The number of hydrogen-bond acceptors (Lipinski definition) is 7. The molecule has 4 rings (SSSR count). The van der Waals surface area contributed by atoms with Gasteiger partial charge in [-0.3, -0.25) is 0 Å². The fourth-order valence-electron chi connectivity index (χ4n) is 4.34. The zero-order valence-corrected chi connectivity index (χ0v) is 20.9. The molecule has 1 aliphatic rings. The minimum atomic E-state index is -0.765. The van der Waals surface area contributed by atoms with Crippen LogP contribution >= 0.6 is 11.3 Å². The molecule has 3 aromatic rings. The van der Waals surface area contributed by atoms with E-state index in [1.165, 1.54) is 0 Å². The molecule has 0 aliphatic heterocycles. The molecule has 0 unspecified atom stereocenters. The Kier molecular flexibility index (Phi) is 7.15. The SMILES string of the molecule is CCOC(=O)/C(C#N)=C1/C(=Cc2c(C)sc3ccccc23)/C(=C(/C#N)C(=O)OCC)c2ccccc21. The highest BCUT2D eigenvalue weighted by Crippen LogP contribution is 2.50. The van der Waals surface area contributed by atoms with Crippen LogP contribution in [0.15, 0.2) is 65.3 Å². The van der Waals surface area contributed by atoms with Crippen molar-refractivity contribution in [2.24, 2.45) is 0 Å². The number of allylic oxidation sites excluding steroid dienone is 3. The molecular formula is C29H22N2O4S. The zero-order chi connectivity index (χ0) is 25.8. The van der Waals surface area contributed by atoms with Gasteiger partial charge in [0.2, 0.25) is 0 Å². The zero-order valence-electron chi connectivity index (χ0n) is 20.0. The highest BCUT2D eigenvalue weighted by molar-refractivity contribution is 7.19. The predicted octanol–water partition coefficient (Wildman–Crippen LogP) is 5.99. The first-order chi connectivity index (χ1) is 17.5. The van der Waals surface area contributed by atoms with Gasteiger partial charge in [-0.25, -0.2) is 9.59 Å². The second kappa shape index (κ2) is 10.4. The van der Waals surface area contributed by atoms with Crippen LogP contribution in [0.25, 0.3) is 27.3 Å². The lowest BCUT2D eigenvalue weighted by Crippen LogP contribution is -2.10. The number of esters is 2. The van der Waals surface area contributed by atoms with Crippen molar-refractivity contribution in [2.45, 2.75) is 20.8 Å². The van der Waals surface area contributed by atoms with Crippen molar-refractivity contribution in [3.05, 3.63) is 86.8 Å². The topological polar surface area (TPSA) is 100 Å². The number of nitriles is 2. The summed E-state index contributed by atoms with van der Waals surface area (Å²) in [5.74, 6) is -1.53. The number of rotatable bonds is 5. The van der Waals surface area contributed by atoms with E-state index in [2.05, 4.69) is 0 Å². The molecule has 1 aliphatic carbocycles. The molecule has 0 amide bonds. The number of hydrogen-bond donors (Lipinski definition) is 0. The van der Waals surface area contributed by atoms with Gasteiger partial charge in [-0.1, -0.05) is 42.5 Å². The first-order valence-electron chi connectivity index (χ1n) is 11.4.